The molecule has 2 rings (SSSR count). The fourth-order valence-corrected chi connectivity index (χ4v) is 4.02. The fraction of sp³-hybridized carbons (Fsp3) is 0.867. The van der Waals surface area contributed by atoms with Crippen molar-refractivity contribution in [2.75, 3.05) is 31.9 Å². The molecule has 114 valence electrons. The van der Waals surface area contributed by atoms with Crippen LogP contribution >= 0.6 is 11.8 Å². The maximum atomic E-state index is 12.1. The standard InChI is InChI=1S/C15H27N3OS/c1-3-15(4-2)11-17-14(20-12-15)16-10-13(19)18-8-6-5-7-9-18/h3-12H2,1-2H3,(H,16,17). The molecule has 0 aromatic rings. The molecule has 0 aromatic carbocycles. The lowest BCUT2D eigenvalue weighted by Gasteiger charge is -2.33. The quantitative estimate of drug-likeness (QED) is 0.867. The van der Waals surface area contributed by atoms with Gasteiger partial charge in [0.1, 0.15) is 0 Å². The van der Waals surface area contributed by atoms with Gasteiger partial charge in [0.25, 0.3) is 0 Å². The van der Waals surface area contributed by atoms with Gasteiger partial charge in [-0.1, -0.05) is 25.6 Å². The van der Waals surface area contributed by atoms with Gasteiger partial charge in [0.05, 0.1) is 6.54 Å². The van der Waals surface area contributed by atoms with Crippen molar-refractivity contribution in [2.24, 2.45) is 10.4 Å². The number of nitrogens with one attached hydrogen (secondary N) is 1. The van der Waals surface area contributed by atoms with E-state index >= 15 is 0 Å². The average Bonchev–Trinajstić information content (AvgIpc) is 2.54. The Balaban J connectivity index is 1.77. The molecule has 0 bridgehead atoms. The van der Waals surface area contributed by atoms with E-state index in [0.29, 0.717) is 12.0 Å². The molecule has 0 aromatic heterocycles. The molecule has 4 nitrogen and oxygen atoms in total. The molecule has 0 radical (unpaired) electrons. The summed E-state index contributed by atoms with van der Waals surface area (Å²) in [5, 5.41) is 4.18. The summed E-state index contributed by atoms with van der Waals surface area (Å²) < 4.78 is 0. The van der Waals surface area contributed by atoms with Crippen LogP contribution in [0.15, 0.2) is 4.99 Å². The molecule has 1 N–H and O–H groups in total. The minimum Gasteiger partial charge on any atom is -0.356 e. The van der Waals surface area contributed by atoms with E-state index in [-0.39, 0.29) is 5.91 Å². The van der Waals surface area contributed by atoms with Crippen LogP contribution in [0.5, 0.6) is 0 Å². The van der Waals surface area contributed by atoms with Crippen molar-refractivity contribution in [1.82, 2.24) is 10.2 Å². The number of amidine groups is 1. The molecular weight excluding hydrogens is 270 g/mol. The van der Waals surface area contributed by atoms with Crippen molar-refractivity contribution < 1.29 is 4.79 Å². The number of carbonyl (C=O) groups excluding carboxylic acids is 1. The number of likely N-dealkylation sites (tertiary alicyclic amines) is 1. The maximum absolute atomic E-state index is 12.1. The number of nitrogens with zero attached hydrogens (tertiary/aromatic N) is 2. The topological polar surface area (TPSA) is 44.7 Å². The second kappa shape index (κ2) is 7.34. The predicted molar refractivity (Wildman–Crippen MR) is 86.2 cm³/mol. The third-order valence-electron chi connectivity index (χ3n) is 4.67. The lowest BCUT2D eigenvalue weighted by molar-refractivity contribution is -0.130. The third-order valence-corrected chi connectivity index (χ3v) is 5.98. The molecule has 0 aliphatic carbocycles. The van der Waals surface area contributed by atoms with Crippen molar-refractivity contribution in [2.45, 2.75) is 46.0 Å². The summed E-state index contributed by atoms with van der Waals surface area (Å²) in [6.07, 6.45) is 5.92. The van der Waals surface area contributed by atoms with Gasteiger partial charge in [-0.15, -0.1) is 0 Å². The third kappa shape index (κ3) is 3.90. The molecule has 5 heteroatoms. The van der Waals surface area contributed by atoms with Crippen LogP contribution in [0.25, 0.3) is 0 Å². The molecule has 1 saturated heterocycles. The highest BCUT2D eigenvalue weighted by molar-refractivity contribution is 8.13. The number of hydrogen-bond donors (Lipinski definition) is 1. The Morgan fingerprint density at radius 3 is 2.55 bits per heavy atom. The summed E-state index contributed by atoms with van der Waals surface area (Å²) in [5.41, 5.74) is 0.368. The average molecular weight is 297 g/mol. The van der Waals surface area contributed by atoms with Crippen LogP contribution in [0.2, 0.25) is 0 Å². The van der Waals surface area contributed by atoms with Gasteiger partial charge in [-0.2, -0.15) is 0 Å². The summed E-state index contributed by atoms with van der Waals surface area (Å²) in [5.74, 6) is 1.33. The Kier molecular flexibility index (Phi) is 5.75. The normalized spacial score (nSPS) is 22.3. The van der Waals surface area contributed by atoms with Crippen molar-refractivity contribution in [3.05, 3.63) is 0 Å². The number of thioether (sulfide) groups is 1. The van der Waals surface area contributed by atoms with Gasteiger partial charge in [0.2, 0.25) is 5.91 Å². The summed E-state index contributed by atoms with van der Waals surface area (Å²) in [6.45, 7) is 7.64. The number of piperidine rings is 1. The monoisotopic (exact) mass is 297 g/mol. The highest BCUT2D eigenvalue weighted by Crippen LogP contribution is 2.34. The van der Waals surface area contributed by atoms with E-state index in [2.05, 4.69) is 24.2 Å². The molecule has 2 heterocycles. The Hall–Kier alpha value is -0.710. The highest BCUT2D eigenvalue weighted by Gasteiger charge is 2.30. The molecule has 0 atom stereocenters. The number of carbonyl (C=O) groups is 1. The molecule has 2 aliphatic rings. The molecular formula is C15H27N3OS. The summed E-state index contributed by atoms with van der Waals surface area (Å²) in [6, 6.07) is 0. The van der Waals surface area contributed by atoms with Gasteiger partial charge in [-0.05, 0) is 37.5 Å². The molecule has 0 unspecified atom stereocenters. The van der Waals surface area contributed by atoms with E-state index in [4.69, 9.17) is 0 Å². The van der Waals surface area contributed by atoms with Crippen LogP contribution in [-0.4, -0.2) is 47.9 Å². The molecule has 2 aliphatic heterocycles. The van der Waals surface area contributed by atoms with E-state index < -0.39 is 0 Å². The van der Waals surface area contributed by atoms with E-state index in [1.807, 2.05) is 4.90 Å². The summed E-state index contributed by atoms with van der Waals surface area (Å²) >= 11 is 1.78. The minimum atomic E-state index is 0.218. The zero-order valence-electron chi connectivity index (χ0n) is 12.8. The van der Waals surface area contributed by atoms with Crippen LogP contribution in [0, 0.1) is 5.41 Å². The summed E-state index contributed by atoms with van der Waals surface area (Å²) in [4.78, 5) is 18.7. The first-order chi connectivity index (χ1) is 9.69. The van der Waals surface area contributed by atoms with E-state index in [9.17, 15) is 4.79 Å². The maximum Gasteiger partial charge on any atom is 0.241 e. The van der Waals surface area contributed by atoms with Gasteiger partial charge in [0.15, 0.2) is 5.17 Å². The lowest BCUT2D eigenvalue weighted by Crippen LogP contribution is -2.43. The van der Waals surface area contributed by atoms with Gasteiger partial charge < -0.3 is 10.2 Å². The minimum absolute atomic E-state index is 0.218. The lowest BCUT2D eigenvalue weighted by atomic mass is 9.84. The van der Waals surface area contributed by atoms with Crippen LogP contribution in [0.4, 0.5) is 0 Å². The van der Waals surface area contributed by atoms with Crippen molar-refractivity contribution in [1.29, 1.82) is 0 Å². The first-order valence-corrected chi connectivity index (χ1v) is 8.86. The van der Waals surface area contributed by atoms with Crippen LogP contribution in [0.3, 0.4) is 0 Å². The first kappa shape index (κ1) is 15.7. The predicted octanol–water partition coefficient (Wildman–Crippen LogP) is 2.50. The zero-order chi connectivity index (χ0) is 14.4. The van der Waals surface area contributed by atoms with Crippen LogP contribution in [-0.2, 0) is 4.79 Å². The SMILES string of the molecule is CCC1(CC)CN=C(NCC(=O)N2CCCCC2)SC1. The molecule has 1 amide bonds. The summed E-state index contributed by atoms with van der Waals surface area (Å²) in [7, 11) is 0. The van der Waals surface area contributed by atoms with Gasteiger partial charge in [0, 0.05) is 25.4 Å². The Morgan fingerprint density at radius 2 is 2.00 bits per heavy atom. The van der Waals surface area contributed by atoms with Gasteiger partial charge >= 0.3 is 0 Å². The second-order valence-corrected chi connectivity index (χ2v) is 6.88. The zero-order valence-corrected chi connectivity index (χ0v) is 13.6. The van der Waals surface area contributed by atoms with Crippen LogP contribution in [0.1, 0.15) is 46.0 Å². The highest BCUT2D eigenvalue weighted by atomic mass is 32.2. The van der Waals surface area contributed by atoms with Crippen LogP contribution < -0.4 is 5.32 Å². The van der Waals surface area contributed by atoms with E-state index in [0.717, 1.165) is 43.4 Å². The van der Waals surface area contributed by atoms with Crippen molar-refractivity contribution in [3.63, 3.8) is 0 Å². The number of hydrogen-bond acceptors (Lipinski definition) is 4. The number of aliphatic imine (C=N–C) groups is 1. The molecule has 0 spiro atoms. The molecule has 20 heavy (non-hydrogen) atoms. The number of rotatable bonds is 4. The van der Waals surface area contributed by atoms with E-state index in [1.165, 1.54) is 19.3 Å². The molecule has 1 fully saturated rings. The second-order valence-electron chi connectivity index (χ2n) is 5.91. The van der Waals surface area contributed by atoms with Crippen molar-refractivity contribution in [3.8, 4) is 0 Å². The van der Waals surface area contributed by atoms with Gasteiger partial charge in [-0.3, -0.25) is 9.79 Å². The first-order valence-electron chi connectivity index (χ1n) is 7.88. The Morgan fingerprint density at radius 1 is 1.30 bits per heavy atom. The van der Waals surface area contributed by atoms with Gasteiger partial charge in [-0.25, -0.2) is 0 Å². The molecule has 0 saturated carbocycles. The Labute approximate surface area is 126 Å². The van der Waals surface area contributed by atoms with Crippen molar-refractivity contribution >= 4 is 22.8 Å². The Bertz CT molecular complexity index is 360. The smallest absolute Gasteiger partial charge is 0.241 e. The fourth-order valence-electron chi connectivity index (χ4n) is 2.74. The largest absolute Gasteiger partial charge is 0.356 e. The number of amides is 1. The van der Waals surface area contributed by atoms with E-state index in [1.54, 1.807) is 11.8 Å².